The van der Waals surface area contributed by atoms with Crippen LogP contribution in [0.25, 0.3) is 0 Å². The van der Waals surface area contributed by atoms with Crippen molar-refractivity contribution in [2.24, 2.45) is 11.7 Å². The molecule has 0 spiro atoms. The van der Waals surface area contributed by atoms with Crippen LogP contribution in [0.5, 0.6) is 0 Å². The van der Waals surface area contributed by atoms with Gasteiger partial charge < -0.3 is 26.0 Å². The molecule has 154 valence electrons. The zero-order chi connectivity index (χ0) is 19.5. The Morgan fingerprint density at radius 1 is 1.26 bits per heavy atom. The number of aliphatic carboxylic acids is 1. The highest BCUT2D eigenvalue weighted by Gasteiger charge is 2.26. The Morgan fingerprint density at radius 3 is 2.41 bits per heavy atom. The lowest BCUT2D eigenvalue weighted by Crippen LogP contribution is -2.48. The molecule has 0 aliphatic heterocycles. The number of hydrogen-bond acceptors (Lipinski definition) is 5. The second-order valence-corrected chi connectivity index (χ2v) is 6.47. The number of carbonyl (C=O) groups is 2. The highest BCUT2D eigenvalue weighted by molar-refractivity contribution is 5.86. The molecule has 0 fully saturated rings. The fourth-order valence-corrected chi connectivity index (χ4v) is 2.40. The van der Waals surface area contributed by atoms with Gasteiger partial charge in [-0.3, -0.25) is 4.79 Å². The third kappa shape index (κ3) is 9.19. The van der Waals surface area contributed by atoms with E-state index < -0.39 is 24.0 Å². The second kappa shape index (κ2) is 13.5. The van der Waals surface area contributed by atoms with E-state index in [0.717, 1.165) is 12.0 Å². The topological polar surface area (TPSA) is 122 Å². The van der Waals surface area contributed by atoms with E-state index in [4.69, 9.17) is 20.7 Å². The molecule has 1 rings (SSSR count). The van der Waals surface area contributed by atoms with Crippen LogP contribution >= 0.6 is 12.4 Å². The predicted octanol–water partition coefficient (Wildman–Crippen LogP) is 1.36. The number of carboxylic acids is 1. The standard InChI is InChI=1S/C19H30N2O5.ClH/c1-3-13(2)15(20)12-26-17(11-14-7-5-4-6-8-14)18(23)21-16(9-10-22)19(24)25;/h4-8,13,15-17,22H,3,9-12,20H2,1-2H3,(H,21,23)(H,24,25);1H/t13-,15?,16-,17?;/m0./s1. The van der Waals surface area contributed by atoms with Crippen molar-refractivity contribution in [3.8, 4) is 0 Å². The number of rotatable bonds is 12. The highest BCUT2D eigenvalue weighted by atomic mass is 35.5. The van der Waals surface area contributed by atoms with Crippen molar-refractivity contribution in [3.05, 3.63) is 35.9 Å². The highest BCUT2D eigenvalue weighted by Crippen LogP contribution is 2.11. The molecule has 1 aromatic rings. The smallest absolute Gasteiger partial charge is 0.326 e. The normalized spacial score (nSPS) is 15.1. The summed E-state index contributed by atoms with van der Waals surface area (Å²) in [6, 6.07) is 7.99. The molecule has 0 aromatic heterocycles. The summed E-state index contributed by atoms with van der Waals surface area (Å²) in [6.07, 6.45) is 0.294. The fourth-order valence-electron chi connectivity index (χ4n) is 2.40. The van der Waals surface area contributed by atoms with Crippen molar-refractivity contribution < 1.29 is 24.5 Å². The number of hydrogen-bond donors (Lipinski definition) is 4. The molecule has 1 amide bonds. The van der Waals surface area contributed by atoms with Gasteiger partial charge in [0.15, 0.2) is 0 Å². The predicted molar refractivity (Wildman–Crippen MR) is 106 cm³/mol. The third-order valence-electron chi connectivity index (χ3n) is 4.45. The van der Waals surface area contributed by atoms with Gasteiger partial charge in [-0.2, -0.15) is 0 Å². The summed E-state index contributed by atoms with van der Waals surface area (Å²) in [4.78, 5) is 23.8. The molecule has 8 heteroatoms. The number of aliphatic hydroxyl groups excluding tert-OH is 1. The van der Waals surface area contributed by atoms with Crippen molar-refractivity contribution >= 4 is 24.3 Å². The first kappa shape index (κ1) is 25.3. The van der Waals surface area contributed by atoms with E-state index in [1.807, 2.05) is 44.2 Å². The largest absolute Gasteiger partial charge is 0.480 e. The minimum absolute atomic E-state index is 0. The minimum atomic E-state index is -1.19. The van der Waals surface area contributed by atoms with Gasteiger partial charge in [0.1, 0.15) is 12.1 Å². The van der Waals surface area contributed by atoms with E-state index in [9.17, 15) is 9.59 Å². The Morgan fingerprint density at radius 2 is 1.89 bits per heavy atom. The first-order chi connectivity index (χ1) is 12.4. The Bertz CT molecular complexity index is 558. The Kier molecular flexibility index (Phi) is 12.7. The summed E-state index contributed by atoms with van der Waals surface area (Å²) in [7, 11) is 0. The fraction of sp³-hybridized carbons (Fsp3) is 0.579. The third-order valence-corrected chi connectivity index (χ3v) is 4.45. The van der Waals surface area contributed by atoms with Crippen LogP contribution in [0.4, 0.5) is 0 Å². The van der Waals surface area contributed by atoms with Crippen LogP contribution < -0.4 is 11.1 Å². The first-order valence-electron chi connectivity index (χ1n) is 8.94. The minimum Gasteiger partial charge on any atom is -0.480 e. The van der Waals surface area contributed by atoms with Crippen LogP contribution in [0, 0.1) is 5.92 Å². The SMILES string of the molecule is CC[C@H](C)C(N)COC(Cc1ccccc1)C(=O)N[C@@H](CCO)C(=O)O.Cl. The molecule has 0 saturated heterocycles. The molecular weight excluding hydrogens is 372 g/mol. The summed E-state index contributed by atoms with van der Waals surface area (Å²) in [5, 5.41) is 20.6. The zero-order valence-electron chi connectivity index (χ0n) is 15.8. The Balaban J connectivity index is 0.00000676. The van der Waals surface area contributed by atoms with Gasteiger partial charge in [-0.05, 0) is 11.5 Å². The van der Waals surface area contributed by atoms with E-state index in [2.05, 4.69) is 5.32 Å². The number of nitrogens with one attached hydrogen (secondary N) is 1. The number of carboxylic acid groups (broad SMARTS) is 1. The molecular formula is C19H31ClN2O5. The molecule has 0 radical (unpaired) electrons. The molecule has 0 heterocycles. The zero-order valence-corrected chi connectivity index (χ0v) is 16.7. The molecule has 0 saturated carbocycles. The monoisotopic (exact) mass is 402 g/mol. The molecule has 5 N–H and O–H groups in total. The number of halogens is 1. The van der Waals surface area contributed by atoms with E-state index in [1.54, 1.807) is 0 Å². The lowest BCUT2D eigenvalue weighted by Gasteiger charge is -2.24. The van der Waals surface area contributed by atoms with Crippen molar-refractivity contribution in [1.82, 2.24) is 5.32 Å². The summed E-state index contributed by atoms with van der Waals surface area (Å²) in [5.41, 5.74) is 6.98. The van der Waals surface area contributed by atoms with Gasteiger partial charge in [0.05, 0.1) is 6.61 Å². The first-order valence-corrected chi connectivity index (χ1v) is 8.94. The lowest BCUT2D eigenvalue weighted by molar-refractivity contribution is -0.145. The van der Waals surface area contributed by atoms with Crippen LogP contribution in [0.3, 0.4) is 0 Å². The molecule has 0 aliphatic carbocycles. The summed E-state index contributed by atoms with van der Waals surface area (Å²) in [6.45, 7) is 3.92. The molecule has 0 aliphatic rings. The Labute approximate surface area is 166 Å². The van der Waals surface area contributed by atoms with Crippen molar-refractivity contribution in [2.45, 2.75) is 51.3 Å². The van der Waals surface area contributed by atoms with Gasteiger partial charge in [-0.15, -0.1) is 12.4 Å². The molecule has 7 nitrogen and oxygen atoms in total. The lowest BCUT2D eigenvalue weighted by atomic mass is 10.0. The van der Waals surface area contributed by atoms with Gasteiger partial charge >= 0.3 is 5.97 Å². The second-order valence-electron chi connectivity index (χ2n) is 6.47. The summed E-state index contributed by atoms with van der Waals surface area (Å²) < 4.78 is 5.76. The molecule has 27 heavy (non-hydrogen) atoms. The van der Waals surface area contributed by atoms with Gasteiger partial charge in [-0.25, -0.2) is 4.79 Å². The maximum absolute atomic E-state index is 12.6. The van der Waals surface area contributed by atoms with Gasteiger partial charge in [0.2, 0.25) is 5.91 Å². The van der Waals surface area contributed by atoms with E-state index >= 15 is 0 Å². The molecule has 4 atom stereocenters. The molecule has 1 aromatic carbocycles. The molecule has 0 bridgehead atoms. The quantitative estimate of drug-likeness (QED) is 0.418. The van der Waals surface area contributed by atoms with Crippen molar-refractivity contribution in [1.29, 1.82) is 0 Å². The van der Waals surface area contributed by atoms with Gasteiger partial charge in [0, 0.05) is 25.5 Å². The van der Waals surface area contributed by atoms with E-state index in [-0.39, 0.29) is 44.0 Å². The Hall–Kier alpha value is -1.67. The van der Waals surface area contributed by atoms with Crippen LogP contribution in [0.1, 0.15) is 32.3 Å². The number of carbonyl (C=O) groups excluding carboxylic acids is 1. The van der Waals surface area contributed by atoms with Crippen molar-refractivity contribution in [3.63, 3.8) is 0 Å². The van der Waals surface area contributed by atoms with Crippen LogP contribution in [0.15, 0.2) is 30.3 Å². The maximum atomic E-state index is 12.6. The van der Waals surface area contributed by atoms with Gasteiger partial charge in [-0.1, -0.05) is 50.6 Å². The van der Waals surface area contributed by atoms with Crippen LogP contribution in [0.2, 0.25) is 0 Å². The summed E-state index contributed by atoms with van der Waals surface area (Å²) >= 11 is 0. The van der Waals surface area contributed by atoms with Crippen molar-refractivity contribution in [2.75, 3.05) is 13.2 Å². The van der Waals surface area contributed by atoms with Crippen LogP contribution in [-0.4, -0.2) is 53.5 Å². The number of benzene rings is 1. The summed E-state index contributed by atoms with van der Waals surface area (Å²) in [5.74, 6) is -1.47. The number of ether oxygens (including phenoxy) is 1. The number of amides is 1. The number of aliphatic hydroxyl groups is 1. The van der Waals surface area contributed by atoms with Crippen LogP contribution in [-0.2, 0) is 20.7 Å². The number of nitrogens with two attached hydrogens (primary N) is 1. The average Bonchev–Trinajstić information content (AvgIpc) is 2.64. The van der Waals surface area contributed by atoms with E-state index in [1.165, 1.54) is 0 Å². The molecule has 2 unspecified atom stereocenters. The maximum Gasteiger partial charge on any atom is 0.326 e. The van der Waals surface area contributed by atoms with Gasteiger partial charge in [0.25, 0.3) is 0 Å². The average molecular weight is 403 g/mol. The van der Waals surface area contributed by atoms with E-state index in [0.29, 0.717) is 6.42 Å².